The van der Waals surface area contributed by atoms with Gasteiger partial charge >= 0.3 is 0 Å². The molecule has 0 unspecified atom stereocenters. The lowest BCUT2D eigenvalue weighted by Crippen LogP contribution is -2.11. The molecule has 1 heterocycles. The van der Waals surface area contributed by atoms with Crippen LogP contribution in [0.5, 0.6) is 0 Å². The molecule has 0 fully saturated rings. The quantitative estimate of drug-likeness (QED) is 0.746. The molecular formula is C10H9FN2O. The Bertz CT molecular complexity index is 533. The molecule has 4 heteroatoms. The lowest BCUT2D eigenvalue weighted by Gasteiger charge is -2.00. The first-order valence-electron chi connectivity index (χ1n) is 4.39. The summed E-state index contributed by atoms with van der Waals surface area (Å²) in [5, 5.41) is 0.294. The molecule has 0 amide bonds. The van der Waals surface area contributed by atoms with Crippen molar-refractivity contribution in [1.82, 2.24) is 9.97 Å². The average Bonchev–Trinajstić information content (AvgIpc) is 2.19. The largest absolute Gasteiger partial charge is 0.310 e. The summed E-state index contributed by atoms with van der Waals surface area (Å²) in [5.74, 6) is 0.0518. The molecule has 1 N–H and O–H groups in total. The molecule has 0 radical (unpaired) electrons. The Balaban J connectivity index is 2.91. The Labute approximate surface area is 79.6 Å². The topological polar surface area (TPSA) is 45.8 Å². The van der Waals surface area contributed by atoms with E-state index in [9.17, 15) is 9.18 Å². The van der Waals surface area contributed by atoms with Gasteiger partial charge in [0.15, 0.2) is 0 Å². The first kappa shape index (κ1) is 8.87. The van der Waals surface area contributed by atoms with Gasteiger partial charge in [-0.15, -0.1) is 0 Å². The van der Waals surface area contributed by atoms with Gasteiger partial charge in [0.1, 0.15) is 17.2 Å². The minimum absolute atomic E-state index is 0.146. The molecule has 0 saturated heterocycles. The Morgan fingerprint density at radius 3 is 3.00 bits per heavy atom. The lowest BCUT2D eigenvalue weighted by molar-refractivity contribution is 0.635. The zero-order chi connectivity index (χ0) is 10.1. The zero-order valence-electron chi connectivity index (χ0n) is 7.67. The number of nitrogens with zero attached hydrogens (tertiary/aromatic N) is 1. The van der Waals surface area contributed by atoms with Crippen molar-refractivity contribution < 1.29 is 4.39 Å². The first-order chi connectivity index (χ1) is 6.72. The molecule has 14 heavy (non-hydrogen) atoms. The van der Waals surface area contributed by atoms with Gasteiger partial charge in [-0.3, -0.25) is 4.79 Å². The second-order valence-electron chi connectivity index (χ2n) is 3.00. The second-order valence-corrected chi connectivity index (χ2v) is 3.00. The number of para-hydroxylation sites is 1. The highest BCUT2D eigenvalue weighted by atomic mass is 19.1. The second kappa shape index (κ2) is 3.21. The fourth-order valence-electron chi connectivity index (χ4n) is 1.34. The monoisotopic (exact) mass is 192 g/mol. The van der Waals surface area contributed by atoms with Crippen LogP contribution in [0.4, 0.5) is 4.39 Å². The highest BCUT2D eigenvalue weighted by Gasteiger charge is 2.06. The van der Waals surface area contributed by atoms with Gasteiger partial charge in [0.2, 0.25) is 0 Å². The van der Waals surface area contributed by atoms with Gasteiger partial charge < -0.3 is 4.98 Å². The van der Waals surface area contributed by atoms with Crippen molar-refractivity contribution in [3.05, 3.63) is 40.2 Å². The summed E-state index contributed by atoms with van der Waals surface area (Å²) in [7, 11) is 0. The Hall–Kier alpha value is -1.71. The molecule has 2 aromatic rings. The number of fused-ring (bicyclic) bond motifs is 1. The molecule has 1 aromatic carbocycles. The molecule has 0 aliphatic heterocycles. The normalized spacial score (nSPS) is 10.7. The third kappa shape index (κ3) is 1.28. The van der Waals surface area contributed by atoms with E-state index in [-0.39, 0.29) is 11.1 Å². The highest BCUT2D eigenvalue weighted by molar-refractivity contribution is 5.77. The molecule has 0 saturated carbocycles. The van der Waals surface area contributed by atoms with Crippen molar-refractivity contribution in [2.45, 2.75) is 13.3 Å². The van der Waals surface area contributed by atoms with Crippen LogP contribution in [0.1, 0.15) is 12.7 Å². The molecule has 3 nitrogen and oxygen atoms in total. The maximum atomic E-state index is 13.3. The van der Waals surface area contributed by atoms with Crippen molar-refractivity contribution in [3.8, 4) is 0 Å². The number of nitrogens with one attached hydrogen (secondary N) is 1. The van der Waals surface area contributed by atoms with Crippen molar-refractivity contribution in [3.63, 3.8) is 0 Å². The Kier molecular flexibility index (Phi) is 2.04. The van der Waals surface area contributed by atoms with E-state index < -0.39 is 5.82 Å². The van der Waals surface area contributed by atoms with Crippen molar-refractivity contribution in [2.24, 2.45) is 0 Å². The van der Waals surface area contributed by atoms with Gasteiger partial charge in [-0.1, -0.05) is 13.0 Å². The number of rotatable bonds is 1. The maximum Gasteiger partial charge on any atom is 0.258 e. The van der Waals surface area contributed by atoms with E-state index in [4.69, 9.17) is 0 Å². The minimum Gasteiger partial charge on any atom is -0.310 e. The van der Waals surface area contributed by atoms with Crippen molar-refractivity contribution in [1.29, 1.82) is 0 Å². The number of halogens is 1. The lowest BCUT2D eigenvalue weighted by atomic mass is 10.2. The van der Waals surface area contributed by atoms with Gasteiger partial charge in [-0.25, -0.2) is 9.37 Å². The summed E-state index contributed by atoms with van der Waals surface area (Å²) >= 11 is 0. The standard InChI is InChI=1S/C10H9FN2O/c1-2-8-12-9-6(10(14)13-8)4-3-5-7(9)11/h3-5H,2H2,1H3,(H,12,13,14). The van der Waals surface area contributed by atoms with Crippen LogP contribution in [0.3, 0.4) is 0 Å². The van der Waals surface area contributed by atoms with Gasteiger partial charge in [0, 0.05) is 6.42 Å². The smallest absolute Gasteiger partial charge is 0.258 e. The van der Waals surface area contributed by atoms with Crippen LogP contribution in [0.2, 0.25) is 0 Å². The third-order valence-electron chi connectivity index (χ3n) is 2.07. The molecule has 0 atom stereocenters. The van der Waals surface area contributed by atoms with E-state index in [0.29, 0.717) is 17.6 Å². The summed E-state index contributed by atoms with van der Waals surface area (Å²) < 4.78 is 13.3. The van der Waals surface area contributed by atoms with E-state index in [2.05, 4.69) is 9.97 Å². The van der Waals surface area contributed by atoms with Gasteiger partial charge in [0.25, 0.3) is 5.56 Å². The number of hydrogen-bond acceptors (Lipinski definition) is 2. The SMILES string of the molecule is CCc1nc2c(F)cccc2c(=O)[nH]1. The number of benzene rings is 1. The molecule has 72 valence electrons. The van der Waals surface area contributed by atoms with E-state index in [1.165, 1.54) is 12.1 Å². The molecule has 1 aromatic heterocycles. The summed E-state index contributed by atoms with van der Waals surface area (Å²) in [5.41, 5.74) is -0.139. The molecule has 0 aliphatic rings. The van der Waals surface area contributed by atoms with Gasteiger partial charge in [0.05, 0.1) is 5.39 Å². The fraction of sp³-hybridized carbons (Fsp3) is 0.200. The molecule has 0 spiro atoms. The number of aryl methyl sites for hydroxylation is 1. The molecule has 0 bridgehead atoms. The van der Waals surface area contributed by atoms with Crippen molar-refractivity contribution in [2.75, 3.05) is 0 Å². The predicted molar refractivity (Wildman–Crippen MR) is 51.7 cm³/mol. The third-order valence-corrected chi connectivity index (χ3v) is 2.07. The first-order valence-corrected chi connectivity index (χ1v) is 4.39. The van der Waals surface area contributed by atoms with Gasteiger partial charge in [-0.2, -0.15) is 0 Å². The fourth-order valence-corrected chi connectivity index (χ4v) is 1.34. The Morgan fingerprint density at radius 1 is 1.50 bits per heavy atom. The summed E-state index contributed by atoms with van der Waals surface area (Å²) in [6, 6.07) is 4.36. The number of H-pyrrole nitrogens is 1. The van der Waals surface area contributed by atoms with E-state index in [1.807, 2.05) is 6.92 Å². The van der Waals surface area contributed by atoms with Gasteiger partial charge in [-0.05, 0) is 12.1 Å². The van der Waals surface area contributed by atoms with E-state index in [0.717, 1.165) is 0 Å². The van der Waals surface area contributed by atoms with Crippen LogP contribution in [0, 0.1) is 5.82 Å². The highest BCUT2D eigenvalue weighted by Crippen LogP contribution is 2.11. The molecule has 2 rings (SSSR count). The predicted octanol–water partition coefficient (Wildman–Crippen LogP) is 1.62. The summed E-state index contributed by atoms with van der Waals surface area (Å²) in [6.45, 7) is 1.85. The molecular weight excluding hydrogens is 183 g/mol. The molecule has 0 aliphatic carbocycles. The Morgan fingerprint density at radius 2 is 2.29 bits per heavy atom. The van der Waals surface area contributed by atoms with Crippen LogP contribution >= 0.6 is 0 Å². The van der Waals surface area contributed by atoms with Crippen LogP contribution in [-0.4, -0.2) is 9.97 Å². The summed E-state index contributed by atoms with van der Waals surface area (Å²) in [6.07, 6.45) is 0.583. The van der Waals surface area contributed by atoms with Crippen molar-refractivity contribution >= 4 is 10.9 Å². The van der Waals surface area contributed by atoms with Crippen LogP contribution in [0.15, 0.2) is 23.0 Å². The van der Waals surface area contributed by atoms with E-state index in [1.54, 1.807) is 6.07 Å². The summed E-state index contributed by atoms with van der Waals surface area (Å²) in [4.78, 5) is 18.1. The maximum absolute atomic E-state index is 13.3. The van der Waals surface area contributed by atoms with Crippen LogP contribution in [-0.2, 0) is 6.42 Å². The number of aromatic nitrogens is 2. The van der Waals surface area contributed by atoms with Crippen LogP contribution in [0.25, 0.3) is 10.9 Å². The zero-order valence-corrected chi connectivity index (χ0v) is 7.67. The number of hydrogen-bond donors (Lipinski definition) is 1. The minimum atomic E-state index is -0.455. The average molecular weight is 192 g/mol. The van der Waals surface area contributed by atoms with E-state index >= 15 is 0 Å². The number of aromatic amines is 1. The van der Waals surface area contributed by atoms with Crippen LogP contribution < -0.4 is 5.56 Å².